The number of nitrogens with zero attached hydrogens (tertiary/aromatic N) is 3. The second kappa shape index (κ2) is 10.9. The maximum atomic E-state index is 14.4. The maximum absolute atomic E-state index is 14.4. The number of aromatic nitrogens is 2. The minimum absolute atomic E-state index is 0.0592. The summed E-state index contributed by atoms with van der Waals surface area (Å²) in [6, 6.07) is 8.53. The third kappa shape index (κ3) is 5.68. The van der Waals surface area contributed by atoms with Crippen LogP contribution in [0.25, 0.3) is 0 Å². The van der Waals surface area contributed by atoms with Crippen molar-refractivity contribution in [3.05, 3.63) is 92.1 Å². The second-order valence-electron chi connectivity index (χ2n) is 8.97. The van der Waals surface area contributed by atoms with E-state index in [1.807, 2.05) is 0 Å². The molecule has 0 spiro atoms. The summed E-state index contributed by atoms with van der Waals surface area (Å²) in [4.78, 5) is 32.5. The summed E-state index contributed by atoms with van der Waals surface area (Å²) < 4.78 is 54.4. The van der Waals surface area contributed by atoms with E-state index in [0.29, 0.717) is 16.8 Å². The maximum Gasteiger partial charge on any atom is 0.416 e. The molecule has 6 nitrogen and oxygen atoms in total. The van der Waals surface area contributed by atoms with Gasteiger partial charge in [-0.05, 0) is 60.8 Å². The number of hydrogen-bond acceptors (Lipinski definition) is 4. The van der Waals surface area contributed by atoms with Crippen molar-refractivity contribution in [2.45, 2.75) is 45.6 Å². The fourth-order valence-corrected chi connectivity index (χ4v) is 4.32. The molecule has 0 fully saturated rings. The molecule has 1 atom stereocenters. The van der Waals surface area contributed by atoms with Crippen LogP contribution in [0.3, 0.4) is 0 Å². The van der Waals surface area contributed by atoms with Crippen LogP contribution in [-0.2, 0) is 25.7 Å². The van der Waals surface area contributed by atoms with Crippen LogP contribution in [0.1, 0.15) is 51.3 Å². The SMILES string of the molecule is Cc1ccc(C(=O)N2CCc3nc(NC(C)c4ccc(C(F)(F)F)cc4)n(CC#CCl)c(=O)c3C2)c(F)c1. The fraction of sp³-hybridized carbons (Fsp3) is 0.296. The van der Waals surface area contributed by atoms with E-state index in [1.54, 1.807) is 19.9 Å². The molecule has 3 aromatic rings. The Kier molecular flexibility index (Phi) is 7.78. The van der Waals surface area contributed by atoms with E-state index in [1.165, 1.54) is 33.7 Å². The highest BCUT2D eigenvalue weighted by molar-refractivity contribution is 6.30. The van der Waals surface area contributed by atoms with Gasteiger partial charge in [-0.15, -0.1) is 0 Å². The molecule has 2 aromatic carbocycles. The van der Waals surface area contributed by atoms with Crippen molar-refractivity contribution in [2.75, 3.05) is 11.9 Å². The number of aryl methyl sites for hydroxylation is 1. The van der Waals surface area contributed by atoms with Crippen LogP contribution in [0.5, 0.6) is 0 Å². The molecule has 1 aliphatic heterocycles. The number of amides is 1. The van der Waals surface area contributed by atoms with Gasteiger partial charge in [0.25, 0.3) is 11.5 Å². The number of carbonyl (C=O) groups excluding carboxylic acids is 1. The third-order valence-corrected chi connectivity index (χ3v) is 6.48. The normalized spacial score (nSPS) is 13.8. The zero-order valence-electron chi connectivity index (χ0n) is 20.5. The lowest BCUT2D eigenvalue weighted by molar-refractivity contribution is -0.137. The van der Waals surface area contributed by atoms with Crippen LogP contribution in [0.2, 0.25) is 0 Å². The van der Waals surface area contributed by atoms with Crippen molar-refractivity contribution >= 4 is 23.5 Å². The number of benzene rings is 2. The molecule has 0 radical (unpaired) electrons. The standard InChI is InChI=1S/C27H23ClF4N4O2/c1-16-4-9-20(22(29)14-16)24(37)35-13-10-23-21(15-35)25(38)36(12-3-11-28)26(34-23)33-17(2)18-5-7-19(8-6-18)27(30,31)32/h4-9,14,17H,10,12-13,15H2,1-2H3,(H,33,34). The van der Waals surface area contributed by atoms with Gasteiger partial charge in [-0.2, -0.15) is 13.2 Å². The van der Waals surface area contributed by atoms with Crippen LogP contribution < -0.4 is 10.9 Å². The lowest BCUT2D eigenvalue weighted by Gasteiger charge is -2.29. The van der Waals surface area contributed by atoms with Crippen molar-refractivity contribution in [1.82, 2.24) is 14.5 Å². The van der Waals surface area contributed by atoms with Gasteiger partial charge in [0.15, 0.2) is 0 Å². The zero-order chi connectivity index (χ0) is 27.6. The Labute approximate surface area is 221 Å². The molecule has 11 heteroatoms. The lowest BCUT2D eigenvalue weighted by atomic mass is 10.0. The van der Waals surface area contributed by atoms with E-state index >= 15 is 0 Å². The molecule has 0 aliphatic carbocycles. The Morgan fingerprint density at radius 1 is 1.21 bits per heavy atom. The van der Waals surface area contributed by atoms with E-state index in [-0.39, 0.29) is 43.1 Å². The van der Waals surface area contributed by atoms with Crippen LogP contribution in [0.4, 0.5) is 23.5 Å². The second-order valence-corrected chi connectivity index (χ2v) is 9.16. The van der Waals surface area contributed by atoms with Gasteiger partial charge in [0.2, 0.25) is 5.95 Å². The first-order valence-corrected chi connectivity index (χ1v) is 12.1. The minimum atomic E-state index is -4.45. The molecule has 38 heavy (non-hydrogen) atoms. The Hall–Kier alpha value is -3.84. The number of carbonyl (C=O) groups is 1. The first-order valence-electron chi connectivity index (χ1n) is 11.7. The predicted octanol–water partition coefficient (Wildman–Crippen LogP) is 5.28. The number of fused-ring (bicyclic) bond motifs is 1. The van der Waals surface area contributed by atoms with Crippen LogP contribution in [-0.4, -0.2) is 26.9 Å². The Morgan fingerprint density at radius 2 is 1.92 bits per heavy atom. The van der Waals surface area contributed by atoms with E-state index in [4.69, 9.17) is 11.6 Å². The van der Waals surface area contributed by atoms with Gasteiger partial charge in [0.05, 0.1) is 41.5 Å². The third-order valence-electron chi connectivity index (χ3n) is 6.35. The molecule has 1 amide bonds. The number of rotatable bonds is 5. The molecule has 1 N–H and O–H groups in total. The van der Waals surface area contributed by atoms with Gasteiger partial charge in [-0.3, -0.25) is 14.2 Å². The van der Waals surface area contributed by atoms with E-state index in [9.17, 15) is 27.2 Å². The lowest BCUT2D eigenvalue weighted by Crippen LogP contribution is -2.42. The van der Waals surface area contributed by atoms with Crippen molar-refractivity contribution in [1.29, 1.82) is 0 Å². The van der Waals surface area contributed by atoms with Crippen LogP contribution in [0, 0.1) is 24.0 Å². The molecule has 0 saturated carbocycles. The first-order chi connectivity index (χ1) is 18.0. The van der Waals surface area contributed by atoms with Crippen molar-refractivity contribution in [3.8, 4) is 11.3 Å². The number of halogens is 5. The summed E-state index contributed by atoms with van der Waals surface area (Å²) in [5, 5.41) is 5.30. The first kappa shape index (κ1) is 27.2. The molecule has 1 aliphatic rings. The van der Waals surface area contributed by atoms with Gasteiger partial charge in [-0.25, -0.2) is 9.37 Å². The Balaban J connectivity index is 1.63. The highest BCUT2D eigenvalue weighted by Crippen LogP contribution is 2.30. The summed E-state index contributed by atoms with van der Waals surface area (Å²) in [5.41, 5.74) is 0.696. The Bertz CT molecular complexity index is 1490. The molecule has 4 rings (SSSR count). The average molecular weight is 547 g/mol. The van der Waals surface area contributed by atoms with E-state index < -0.39 is 35.1 Å². The predicted molar refractivity (Wildman–Crippen MR) is 135 cm³/mol. The van der Waals surface area contributed by atoms with Gasteiger partial charge in [0.1, 0.15) is 5.82 Å². The number of hydrogen-bond donors (Lipinski definition) is 1. The summed E-state index contributed by atoms with van der Waals surface area (Å²) in [5.74, 6) is 1.61. The van der Waals surface area contributed by atoms with E-state index in [0.717, 1.165) is 12.1 Å². The van der Waals surface area contributed by atoms with Gasteiger partial charge in [0, 0.05) is 18.3 Å². The number of anilines is 1. The van der Waals surface area contributed by atoms with Crippen molar-refractivity contribution in [2.24, 2.45) is 0 Å². The molecular weight excluding hydrogens is 524 g/mol. The van der Waals surface area contributed by atoms with Crippen molar-refractivity contribution < 1.29 is 22.4 Å². The molecule has 0 bridgehead atoms. The summed E-state index contributed by atoms with van der Waals surface area (Å²) in [6.07, 6.45) is -4.19. The van der Waals surface area contributed by atoms with Gasteiger partial charge >= 0.3 is 6.18 Å². The molecular formula is C27H23ClF4N4O2. The number of alkyl halides is 3. The van der Waals surface area contributed by atoms with Crippen LogP contribution in [0.15, 0.2) is 47.3 Å². The topological polar surface area (TPSA) is 67.2 Å². The minimum Gasteiger partial charge on any atom is -0.349 e. The largest absolute Gasteiger partial charge is 0.416 e. The molecule has 1 aromatic heterocycles. The van der Waals surface area contributed by atoms with Gasteiger partial charge in [-0.1, -0.05) is 24.1 Å². The van der Waals surface area contributed by atoms with E-state index in [2.05, 4.69) is 21.6 Å². The van der Waals surface area contributed by atoms with Crippen molar-refractivity contribution in [3.63, 3.8) is 0 Å². The Morgan fingerprint density at radius 3 is 2.55 bits per heavy atom. The molecule has 198 valence electrons. The smallest absolute Gasteiger partial charge is 0.349 e. The highest BCUT2D eigenvalue weighted by Gasteiger charge is 2.31. The van der Waals surface area contributed by atoms with Gasteiger partial charge < -0.3 is 10.2 Å². The molecule has 1 unspecified atom stereocenters. The molecule has 2 heterocycles. The van der Waals surface area contributed by atoms with Crippen LogP contribution >= 0.6 is 11.6 Å². The summed E-state index contributed by atoms with van der Waals surface area (Å²) in [7, 11) is 0. The summed E-state index contributed by atoms with van der Waals surface area (Å²) in [6.45, 7) is 3.51. The highest BCUT2D eigenvalue weighted by atomic mass is 35.5. The summed E-state index contributed by atoms with van der Waals surface area (Å²) >= 11 is 5.51. The average Bonchev–Trinajstić information content (AvgIpc) is 2.87. The zero-order valence-corrected chi connectivity index (χ0v) is 21.3. The monoisotopic (exact) mass is 546 g/mol. The fourth-order valence-electron chi connectivity index (χ4n) is 4.26. The molecule has 0 saturated heterocycles. The number of nitrogens with one attached hydrogen (secondary N) is 1. The quantitative estimate of drug-likeness (QED) is 0.349.